The highest BCUT2D eigenvalue weighted by Gasteiger charge is 2.35. The molecule has 2 fully saturated rings. The number of aromatic nitrogens is 4. The molecule has 1 aliphatic carbocycles. The maximum Gasteiger partial charge on any atom is 0.256 e. The molecule has 11 heteroatoms. The molecule has 3 heterocycles. The maximum absolute atomic E-state index is 15.2. The molecule has 1 aliphatic heterocycles. The first-order valence-electron chi connectivity index (χ1n) is 9.37. The lowest BCUT2D eigenvalue weighted by Crippen LogP contribution is -2.47. The molecule has 0 atom stereocenters. The molecule has 0 bridgehead atoms. The van der Waals surface area contributed by atoms with Crippen LogP contribution in [0, 0.1) is 5.82 Å². The Kier molecular flexibility index (Phi) is 5.38. The van der Waals surface area contributed by atoms with Gasteiger partial charge in [0.15, 0.2) is 0 Å². The Morgan fingerprint density at radius 2 is 1.97 bits per heavy atom. The third-order valence-corrected chi connectivity index (χ3v) is 5.14. The first-order chi connectivity index (χ1) is 14.0. The minimum atomic E-state index is -0.678. The van der Waals surface area contributed by atoms with Gasteiger partial charge in [-0.1, -0.05) is 0 Å². The fraction of sp³-hybridized carbons (Fsp3) is 0.500. The fourth-order valence-electron chi connectivity index (χ4n) is 3.26. The van der Waals surface area contributed by atoms with Crippen LogP contribution in [0.3, 0.4) is 0 Å². The number of hydrogen-bond acceptors (Lipinski definition) is 9. The Morgan fingerprint density at radius 3 is 2.62 bits per heavy atom. The lowest BCUT2D eigenvalue weighted by atomic mass is 9.88. The average molecular weight is 403 g/mol. The molecular weight excluding hydrogens is 381 g/mol. The highest BCUT2D eigenvalue weighted by molar-refractivity contribution is 5.61. The Labute approximate surface area is 166 Å². The van der Waals surface area contributed by atoms with Gasteiger partial charge in [-0.3, -0.25) is 4.79 Å². The number of nitrogen functional groups attached to an aromatic ring is 1. The summed E-state index contributed by atoms with van der Waals surface area (Å²) in [5, 5.41) is 0. The van der Waals surface area contributed by atoms with E-state index in [9.17, 15) is 4.79 Å². The van der Waals surface area contributed by atoms with Gasteiger partial charge in [-0.25, -0.2) is 15.0 Å². The standard InChI is InChI=1S/C18H22FN7O3/c1-25(10-27)12-6-13(7-12)29-16-14(19)15(11-8-21-17(20)22-9-11)23-18(24-16)26-2-4-28-5-3-26/h8-10,12-13H,2-7H2,1H3,(H2,20,21,22)/t12-,13-. The van der Waals surface area contributed by atoms with Gasteiger partial charge in [0.2, 0.25) is 24.1 Å². The van der Waals surface area contributed by atoms with Crippen LogP contribution in [-0.2, 0) is 9.53 Å². The van der Waals surface area contributed by atoms with Gasteiger partial charge in [-0.15, -0.1) is 0 Å². The minimum absolute atomic E-state index is 0.0531. The number of amides is 1. The molecule has 1 amide bonds. The summed E-state index contributed by atoms with van der Waals surface area (Å²) >= 11 is 0. The Morgan fingerprint density at radius 1 is 1.28 bits per heavy atom. The van der Waals surface area contributed by atoms with Crippen molar-refractivity contribution < 1.29 is 18.7 Å². The molecule has 2 N–H and O–H groups in total. The van der Waals surface area contributed by atoms with Crippen LogP contribution in [0.15, 0.2) is 12.4 Å². The SMILES string of the molecule is CN(C=O)[C@H]1C[C@H](Oc2nc(N3CCOCC3)nc(-c3cnc(N)nc3)c2F)C1. The van der Waals surface area contributed by atoms with E-state index in [1.54, 1.807) is 11.9 Å². The summed E-state index contributed by atoms with van der Waals surface area (Å²) in [5.41, 5.74) is 5.97. The zero-order valence-electron chi connectivity index (χ0n) is 16.0. The molecule has 1 saturated carbocycles. The van der Waals surface area contributed by atoms with Gasteiger partial charge in [-0.05, 0) is 0 Å². The molecule has 2 aromatic rings. The van der Waals surface area contributed by atoms with Crippen LogP contribution >= 0.6 is 0 Å². The number of nitrogens with two attached hydrogens (primary N) is 1. The largest absolute Gasteiger partial charge is 0.472 e. The van der Waals surface area contributed by atoms with Crippen LogP contribution in [0.5, 0.6) is 5.88 Å². The number of halogens is 1. The molecule has 0 radical (unpaired) electrons. The van der Waals surface area contributed by atoms with Gasteiger partial charge in [0, 0.05) is 57.0 Å². The number of nitrogens with zero attached hydrogens (tertiary/aromatic N) is 6. The molecule has 0 unspecified atom stereocenters. The fourth-order valence-corrected chi connectivity index (χ4v) is 3.26. The Bertz CT molecular complexity index is 871. The second-order valence-electron chi connectivity index (χ2n) is 7.06. The van der Waals surface area contributed by atoms with Crippen molar-refractivity contribution >= 4 is 18.3 Å². The van der Waals surface area contributed by atoms with Crippen LogP contribution in [0.1, 0.15) is 12.8 Å². The predicted molar refractivity (Wildman–Crippen MR) is 102 cm³/mol. The van der Waals surface area contributed by atoms with Crippen molar-refractivity contribution in [2.75, 3.05) is 44.0 Å². The van der Waals surface area contributed by atoms with E-state index in [4.69, 9.17) is 15.2 Å². The van der Waals surface area contributed by atoms with Crippen LogP contribution in [0.2, 0.25) is 0 Å². The second kappa shape index (κ2) is 8.11. The number of rotatable bonds is 6. The summed E-state index contributed by atoms with van der Waals surface area (Å²) in [6, 6.07) is 0.0890. The third kappa shape index (κ3) is 4.04. The van der Waals surface area contributed by atoms with Crippen LogP contribution in [0.25, 0.3) is 11.3 Å². The van der Waals surface area contributed by atoms with Crippen molar-refractivity contribution in [2.24, 2.45) is 0 Å². The molecule has 0 spiro atoms. The van der Waals surface area contributed by atoms with E-state index in [1.165, 1.54) is 12.4 Å². The summed E-state index contributed by atoms with van der Waals surface area (Å²) in [6.07, 6.45) is 4.62. The highest BCUT2D eigenvalue weighted by atomic mass is 19.1. The van der Waals surface area contributed by atoms with Crippen molar-refractivity contribution in [2.45, 2.75) is 25.0 Å². The van der Waals surface area contributed by atoms with Gasteiger partial charge in [0.25, 0.3) is 5.88 Å². The van der Waals surface area contributed by atoms with E-state index in [-0.39, 0.29) is 29.7 Å². The van der Waals surface area contributed by atoms with E-state index >= 15 is 4.39 Å². The van der Waals surface area contributed by atoms with E-state index < -0.39 is 5.82 Å². The first kappa shape index (κ1) is 19.2. The summed E-state index contributed by atoms with van der Waals surface area (Å²) in [4.78, 5) is 30.9. The minimum Gasteiger partial charge on any atom is -0.472 e. The van der Waals surface area contributed by atoms with E-state index in [2.05, 4.69) is 19.9 Å². The molecule has 2 aromatic heterocycles. The normalized spacial score (nSPS) is 21.4. The van der Waals surface area contributed by atoms with E-state index in [0.717, 1.165) is 6.41 Å². The monoisotopic (exact) mass is 403 g/mol. The summed E-state index contributed by atoms with van der Waals surface area (Å²) in [5.74, 6) is -0.349. The molecule has 4 rings (SSSR count). The number of carbonyl (C=O) groups excluding carboxylic acids is 1. The molecule has 0 aromatic carbocycles. The van der Waals surface area contributed by atoms with Crippen molar-refractivity contribution in [3.8, 4) is 17.1 Å². The number of carbonyl (C=O) groups is 1. The third-order valence-electron chi connectivity index (χ3n) is 5.14. The zero-order chi connectivity index (χ0) is 20.4. The van der Waals surface area contributed by atoms with Crippen LogP contribution in [-0.4, -0.2) is 76.7 Å². The molecule has 29 heavy (non-hydrogen) atoms. The smallest absolute Gasteiger partial charge is 0.256 e. The van der Waals surface area contributed by atoms with Crippen molar-refractivity contribution in [3.63, 3.8) is 0 Å². The lowest BCUT2D eigenvalue weighted by Gasteiger charge is -2.39. The number of morpholine rings is 1. The second-order valence-corrected chi connectivity index (χ2v) is 7.06. The quantitative estimate of drug-likeness (QED) is 0.687. The van der Waals surface area contributed by atoms with Gasteiger partial charge in [0.1, 0.15) is 11.8 Å². The average Bonchev–Trinajstić information content (AvgIpc) is 2.72. The van der Waals surface area contributed by atoms with Gasteiger partial charge < -0.3 is 25.0 Å². The summed E-state index contributed by atoms with van der Waals surface area (Å²) < 4.78 is 26.4. The van der Waals surface area contributed by atoms with Crippen molar-refractivity contribution in [3.05, 3.63) is 18.2 Å². The molecule has 1 saturated heterocycles. The highest BCUT2D eigenvalue weighted by Crippen LogP contribution is 2.33. The lowest BCUT2D eigenvalue weighted by molar-refractivity contribution is -0.122. The van der Waals surface area contributed by atoms with Crippen molar-refractivity contribution in [1.82, 2.24) is 24.8 Å². The van der Waals surface area contributed by atoms with Gasteiger partial charge >= 0.3 is 0 Å². The van der Waals surface area contributed by atoms with Crippen LogP contribution < -0.4 is 15.4 Å². The molecule has 154 valence electrons. The van der Waals surface area contributed by atoms with Gasteiger partial charge in [0.05, 0.1) is 13.2 Å². The molecule has 2 aliphatic rings. The Hall–Kier alpha value is -3.08. The van der Waals surface area contributed by atoms with E-state index in [1.807, 2.05) is 4.90 Å². The Balaban J connectivity index is 1.63. The number of ether oxygens (including phenoxy) is 2. The summed E-state index contributed by atoms with van der Waals surface area (Å²) in [7, 11) is 1.72. The topological polar surface area (TPSA) is 120 Å². The zero-order valence-corrected chi connectivity index (χ0v) is 16.0. The molecular formula is C18H22FN7O3. The number of anilines is 2. The van der Waals surface area contributed by atoms with Gasteiger partial charge in [-0.2, -0.15) is 9.37 Å². The first-order valence-corrected chi connectivity index (χ1v) is 9.37. The van der Waals surface area contributed by atoms with Crippen LogP contribution in [0.4, 0.5) is 16.3 Å². The molecule has 10 nitrogen and oxygen atoms in total. The summed E-state index contributed by atoms with van der Waals surface area (Å²) in [6.45, 7) is 2.27. The maximum atomic E-state index is 15.2. The van der Waals surface area contributed by atoms with Crippen molar-refractivity contribution in [1.29, 1.82) is 0 Å². The predicted octanol–water partition coefficient (Wildman–Crippen LogP) is 0.490. The van der Waals surface area contributed by atoms with E-state index in [0.29, 0.717) is 50.7 Å². The number of hydrogen-bond donors (Lipinski definition) is 1.